The van der Waals surface area contributed by atoms with Gasteiger partial charge < -0.3 is 16.0 Å². The van der Waals surface area contributed by atoms with E-state index in [-0.39, 0.29) is 19.1 Å². The molecule has 0 aromatic heterocycles. The zero-order valence-corrected chi connectivity index (χ0v) is 9.71. The summed E-state index contributed by atoms with van der Waals surface area (Å²) in [7, 11) is 0. The molecule has 0 aromatic carbocycles. The van der Waals surface area contributed by atoms with Crippen LogP contribution in [-0.2, 0) is 14.4 Å². The summed E-state index contributed by atoms with van der Waals surface area (Å²) in [4.78, 5) is 57.3. The highest BCUT2D eigenvalue weighted by Gasteiger charge is 2.38. The van der Waals surface area contributed by atoms with Crippen LogP contribution in [0.1, 0.15) is 0 Å². The molecule has 2 aliphatic rings. The van der Waals surface area contributed by atoms with E-state index in [0.717, 1.165) is 0 Å². The molecule has 7 amide bonds. The largest absolute Gasteiger partial charge is 0.351 e. The molecule has 10 nitrogen and oxygen atoms in total. The molecule has 102 valence electrons. The maximum atomic E-state index is 11.5. The third-order valence-corrected chi connectivity index (χ3v) is 2.77. The zero-order chi connectivity index (χ0) is 14.2. The van der Waals surface area contributed by atoms with Gasteiger partial charge in [-0.05, 0) is 0 Å². The molecule has 2 rings (SSSR count). The van der Waals surface area contributed by atoms with Gasteiger partial charge in [-0.2, -0.15) is 0 Å². The Morgan fingerprint density at radius 2 is 1.95 bits per heavy atom. The van der Waals surface area contributed by atoms with Crippen LogP contribution < -0.4 is 16.4 Å². The molecule has 0 spiro atoms. The zero-order valence-electron chi connectivity index (χ0n) is 9.71. The normalized spacial score (nSPS) is 19.3. The van der Waals surface area contributed by atoms with Crippen molar-refractivity contribution in [1.82, 2.24) is 20.4 Å². The summed E-state index contributed by atoms with van der Waals surface area (Å²) in [5.41, 5.74) is 5.01. The number of carbonyl (C=O) groups is 5. The molecule has 0 unspecified atom stereocenters. The predicted octanol–water partition coefficient (Wildman–Crippen LogP) is -3.06. The van der Waals surface area contributed by atoms with Crippen molar-refractivity contribution >= 4 is 29.8 Å². The van der Waals surface area contributed by atoms with E-state index in [1.54, 1.807) is 5.32 Å². The summed E-state index contributed by atoms with van der Waals surface area (Å²) >= 11 is 0. The number of likely N-dealkylation sites (tertiary alicyclic amines) is 1. The number of imide groups is 2. The number of hydrogen-bond donors (Lipinski definition) is 3. The Morgan fingerprint density at radius 1 is 1.32 bits per heavy atom. The number of rotatable bonds is 3. The van der Waals surface area contributed by atoms with Gasteiger partial charge in [0.25, 0.3) is 0 Å². The SMILES string of the molecule is NC(=O)N1CC(NC(=O)CN2C(=O)NC(=O)C2=O)C1. The molecule has 0 bridgehead atoms. The summed E-state index contributed by atoms with van der Waals surface area (Å²) in [6, 6.07) is -1.76. The summed E-state index contributed by atoms with van der Waals surface area (Å²) in [6.45, 7) is 0.0176. The molecule has 2 heterocycles. The Morgan fingerprint density at radius 3 is 2.42 bits per heavy atom. The van der Waals surface area contributed by atoms with Crippen LogP contribution in [0.3, 0.4) is 0 Å². The third-order valence-electron chi connectivity index (χ3n) is 2.77. The van der Waals surface area contributed by atoms with Gasteiger partial charge in [-0.15, -0.1) is 0 Å². The molecular weight excluding hydrogens is 258 g/mol. The van der Waals surface area contributed by atoms with Gasteiger partial charge in [0.15, 0.2) is 0 Å². The Hall–Kier alpha value is -2.65. The van der Waals surface area contributed by atoms with E-state index in [4.69, 9.17) is 5.73 Å². The fraction of sp³-hybridized carbons (Fsp3) is 0.444. The first-order valence-electron chi connectivity index (χ1n) is 5.39. The summed E-state index contributed by atoms with van der Waals surface area (Å²) in [5.74, 6) is -2.71. The predicted molar refractivity (Wildman–Crippen MR) is 58.3 cm³/mol. The van der Waals surface area contributed by atoms with Crippen molar-refractivity contribution in [2.75, 3.05) is 19.6 Å². The van der Waals surface area contributed by atoms with Gasteiger partial charge in [-0.1, -0.05) is 0 Å². The minimum atomic E-state index is -1.06. The lowest BCUT2D eigenvalue weighted by molar-refractivity contribution is -0.141. The summed E-state index contributed by atoms with van der Waals surface area (Å²) in [6.07, 6.45) is 0. The monoisotopic (exact) mass is 269 g/mol. The van der Waals surface area contributed by atoms with E-state index < -0.39 is 36.3 Å². The molecule has 10 heteroatoms. The Labute approximate surface area is 106 Å². The second-order valence-corrected chi connectivity index (χ2v) is 4.16. The molecular formula is C9H11N5O5. The summed E-state index contributed by atoms with van der Waals surface area (Å²) < 4.78 is 0. The van der Waals surface area contributed by atoms with Crippen LogP contribution in [0, 0.1) is 0 Å². The molecule has 2 fully saturated rings. The topological polar surface area (TPSA) is 142 Å². The van der Waals surface area contributed by atoms with Crippen molar-refractivity contribution in [3.63, 3.8) is 0 Å². The highest BCUT2D eigenvalue weighted by Crippen LogP contribution is 2.07. The number of carbonyl (C=O) groups excluding carboxylic acids is 5. The van der Waals surface area contributed by atoms with Crippen LogP contribution in [0.5, 0.6) is 0 Å². The van der Waals surface area contributed by atoms with Gasteiger partial charge in [-0.25, -0.2) is 14.5 Å². The second kappa shape index (κ2) is 4.55. The number of nitrogens with zero attached hydrogens (tertiary/aromatic N) is 2. The van der Waals surface area contributed by atoms with Gasteiger partial charge in [-0.3, -0.25) is 19.7 Å². The molecule has 0 aromatic rings. The van der Waals surface area contributed by atoms with Crippen molar-refractivity contribution in [2.45, 2.75) is 6.04 Å². The first-order chi connectivity index (χ1) is 8.88. The van der Waals surface area contributed by atoms with Crippen molar-refractivity contribution in [2.24, 2.45) is 5.73 Å². The molecule has 2 saturated heterocycles. The fourth-order valence-corrected chi connectivity index (χ4v) is 1.74. The van der Waals surface area contributed by atoms with Crippen LogP contribution in [0.15, 0.2) is 0 Å². The Balaban J connectivity index is 1.80. The first kappa shape index (κ1) is 12.8. The lowest BCUT2D eigenvalue weighted by Gasteiger charge is -2.38. The van der Waals surface area contributed by atoms with Crippen molar-refractivity contribution in [3.8, 4) is 0 Å². The van der Waals surface area contributed by atoms with Crippen LogP contribution in [-0.4, -0.2) is 65.3 Å². The van der Waals surface area contributed by atoms with E-state index in [1.807, 2.05) is 0 Å². The molecule has 4 N–H and O–H groups in total. The van der Waals surface area contributed by atoms with Crippen molar-refractivity contribution in [3.05, 3.63) is 0 Å². The number of nitrogens with one attached hydrogen (secondary N) is 2. The fourth-order valence-electron chi connectivity index (χ4n) is 1.74. The highest BCUT2D eigenvalue weighted by molar-refractivity contribution is 6.45. The van der Waals surface area contributed by atoms with E-state index in [0.29, 0.717) is 4.90 Å². The van der Waals surface area contributed by atoms with Gasteiger partial charge >= 0.3 is 23.9 Å². The van der Waals surface area contributed by atoms with Crippen LogP contribution in [0.4, 0.5) is 9.59 Å². The van der Waals surface area contributed by atoms with Gasteiger partial charge in [0, 0.05) is 13.1 Å². The lowest BCUT2D eigenvalue weighted by atomic mass is 10.1. The number of primary amides is 1. The number of amides is 7. The number of nitrogens with two attached hydrogens (primary N) is 1. The number of urea groups is 2. The second-order valence-electron chi connectivity index (χ2n) is 4.16. The molecule has 2 aliphatic heterocycles. The van der Waals surface area contributed by atoms with E-state index in [9.17, 15) is 24.0 Å². The van der Waals surface area contributed by atoms with Gasteiger partial charge in [0.2, 0.25) is 5.91 Å². The average molecular weight is 269 g/mol. The minimum Gasteiger partial charge on any atom is -0.351 e. The van der Waals surface area contributed by atoms with Crippen molar-refractivity contribution < 1.29 is 24.0 Å². The van der Waals surface area contributed by atoms with Crippen molar-refractivity contribution in [1.29, 1.82) is 0 Å². The molecule has 19 heavy (non-hydrogen) atoms. The Bertz CT molecular complexity index is 483. The van der Waals surface area contributed by atoms with Crippen LogP contribution in [0.25, 0.3) is 0 Å². The lowest BCUT2D eigenvalue weighted by Crippen LogP contribution is -2.63. The first-order valence-corrected chi connectivity index (χ1v) is 5.39. The third kappa shape index (κ3) is 2.46. The summed E-state index contributed by atoms with van der Waals surface area (Å²) in [5, 5.41) is 4.28. The van der Waals surface area contributed by atoms with Gasteiger partial charge in [0.1, 0.15) is 6.54 Å². The van der Waals surface area contributed by atoms with E-state index >= 15 is 0 Å². The standard InChI is InChI=1S/C9H11N5O5/c10-8(18)13-1-4(2-13)11-5(15)3-14-7(17)6(16)12-9(14)19/h4H,1-3H2,(H2,10,18)(H,11,15)(H,12,16,19). The highest BCUT2D eigenvalue weighted by atomic mass is 16.2. The number of hydrogen-bond acceptors (Lipinski definition) is 5. The smallest absolute Gasteiger partial charge is 0.332 e. The van der Waals surface area contributed by atoms with Crippen LogP contribution >= 0.6 is 0 Å². The molecule has 0 aliphatic carbocycles. The Kier molecular flexibility index (Phi) is 3.07. The quantitative estimate of drug-likeness (QED) is 0.368. The average Bonchev–Trinajstić information content (AvgIpc) is 2.49. The maximum absolute atomic E-state index is 11.5. The van der Waals surface area contributed by atoms with Crippen LogP contribution in [0.2, 0.25) is 0 Å². The van der Waals surface area contributed by atoms with E-state index in [1.165, 1.54) is 4.90 Å². The maximum Gasteiger partial charge on any atom is 0.332 e. The molecule has 0 atom stereocenters. The minimum absolute atomic E-state index is 0.267. The molecule has 0 saturated carbocycles. The van der Waals surface area contributed by atoms with E-state index in [2.05, 4.69) is 5.32 Å². The molecule has 0 radical (unpaired) electrons. The van der Waals surface area contributed by atoms with Gasteiger partial charge in [0.05, 0.1) is 6.04 Å².